The van der Waals surface area contributed by atoms with Crippen molar-refractivity contribution in [2.75, 3.05) is 26.4 Å². The van der Waals surface area contributed by atoms with E-state index in [0.29, 0.717) is 6.61 Å². The molecule has 0 aromatic heterocycles. The zero-order chi connectivity index (χ0) is 15.3. The molecule has 0 bridgehead atoms. The zero-order valence-electron chi connectivity index (χ0n) is 13.1. The molecule has 1 unspecified atom stereocenters. The summed E-state index contributed by atoms with van der Waals surface area (Å²) in [5.41, 5.74) is 1.60. The van der Waals surface area contributed by atoms with Crippen LogP contribution in [0.15, 0.2) is 30.3 Å². The summed E-state index contributed by atoms with van der Waals surface area (Å²) in [7, 11) is 0. The second-order valence-corrected chi connectivity index (χ2v) is 6.59. The Balaban J connectivity index is 1.43. The highest BCUT2D eigenvalue weighted by Gasteiger charge is 2.37. The Morgan fingerprint density at radius 1 is 1.32 bits per heavy atom. The molecular formula is C18H25NO3. The van der Waals surface area contributed by atoms with Gasteiger partial charge in [-0.15, -0.1) is 0 Å². The van der Waals surface area contributed by atoms with E-state index in [1.165, 1.54) is 24.8 Å². The Bertz CT molecular complexity index is 478. The van der Waals surface area contributed by atoms with Gasteiger partial charge in [-0.3, -0.25) is 4.79 Å². The molecule has 4 nitrogen and oxygen atoms in total. The lowest BCUT2D eigenvalue weighted by molar-refractivity contribution is -0.128. The van der Waals surface area contributed by atoms with Crippen LogP contribution in [0.5, 0.6) is 0 Å². The SMILES string of the molecule is O=C(COC1CCOC1)NCC1(Cc2ccccc2)CCC1. The largest absolute Gasteiger partial charge is 0.379 e. The van der Waals surface area contributed by atoms with Crippen LogP contribution in [0.1, 0.15) is 31.2 Å². The lowest BCUT2D eigenvalue weighted by Gasteiger charge is -2.42. The Morgan fingerprint density at radius 3 is 2.77 bits per heavy atom. The van der Waals surface area contributed by atoms with Crippen molar-refractivity contribution in [3.8, 4) is 0 Å². The molecule has 3 rings (SSSR count). The van der Waals surface area contributed by atoms with Crippen LogP contribution in [0.3, 0.4) is 0 Å². The number of hydrogen-bond donors (Lipinski definition) is 1. The molecule has 4 heteroatoms. The summed E-state index contributed by atoms with van der Waals surface area (Å²) in [6, 6.07) is 10.6. The normalized spacial score (nSPS) is 23.0. The van der Waals surface area contributed by atoms with E-state index < -0.39 is 0 Å². The third-order valence-electron chi connectivity index (χ3n) is 4.83. The minimum absolute atomic E-state index is 0.00811. The maximum Gasteiger partial charge on any atom is 0.246 e. The summed E-state index contributed by atoms with van der Waals surface area (Å²) in [5.74, 6) is -0.00811. The molecular weight excluding hydrogens is 278 g/mol. The molecule has 1 heterocycles. The van der Waals surface area contributed by atoms with Crippen LogP contribution in [0.2, 0.25) is 0 Å². The topological polar surface area (TPSA) is 47.6 Å². The first kappa shape index (κ1) is 15.5. The van der Waals surface area contributed by atoms with Gasteiger partial charge in [0.15, 0.2) is 0 Å². The number of hydrogen-bond acceptors (Lipinski definition) is 3. The maximum atomic E-state index is 12.0. The smallest absolute Gasteiger partial charge is 0.246 e. The van der Waals surface area contributed by atoms with Crippen molar-refractivity contribution in [1.29, 1.82) is 0 Å². The molecule has 0 spiro atoms. The number of amides is 1. The van der Waals surface area contributed by atoms with E-state index in [4.69, 9.17) is 9.47 Å². The number of benzene rings is 1. The van der Waals surface area contributed by atoms with Crippen LogP contribution in [-0.4, -0.2) is 38.4 Å². The van der Waals surface area contributed by atoms with Crippen LogP contribution in [0.4, 0.5) is 0 Å². The van der Waals surface area contributed by atoms with Crippen molar-refractivity contribution < 1.29 is 14.3 Å². The van der Waals surface area contributed by atoms with Gasteiger partial charge in [0.1, 0.15) is 6.61 Å². The third-order valence-corrected chi connectivity index (χ3v) is 4.83. The molecule has 1 saturated heterocycles. The second kappa shape index (κ2) is 7.25. The molecule has 1 N–H and O–H groups in total. The first-order chi connectivity index (χ1) is 10.8. The fraction of sp³-hybridized carbons (Fsp3) is 0.611. The molecule has 22 heavy (non-hydrogen) atoms. The van der Waals surface area contributed by atoms with Gasteiger partial charge in [-0.25, -0.2) is 0 Å². The van der Waals surface area contributed by atoms with E-state index in [-0.39, 0.29) is 24.0 Å². The van der Waals surface area contributed by atoms with Crippen molar-refractivity contribution >= 4 is 5.91 Å². The number of rotatable bonds is 7. The summed E-state index contributed by atoms with van der Waals surface area (Å²) in [5, 5.41) is 3.06. The van der Waals surface area contributed by atoms with Crippen molar-refractivity contribution in [1.82, 2.24) is 5.32 Å². The molecule has 1 amide bonds. The summed E-state index contributed by atoms with van der Waals surface area (Å²) < 4.78 is 10.8. The van der Waals surface area contributed by atoms with Gasteiger partial charge in [0.2, 0.25) is 5.91 Å². The van der Waals surface area contributed by atoms with Gasteiger partial charge in [0, 0.05) is 13.2 Å². The maximum absolute atomic E-state index is 12.0. The van der Waals surface area contributed by atoms with E-state index in [9.17, 15) is 4.79 Å². The fourth-order valence-electron chi connectivity index (χ4n) is 3.30. The molecule has 1 aliphatic carbocycles. The van der Waals surface area contributed by atoms with Gasteiger partial charge < -0.3 is 14.8 Å². The van der Waals surface area contributed by atoms with Gasteiger partial charge in [-0.1, -0.05) is 36.8 Å². The molecule has 1 saturated carbocycles. The number of carbonyl (C=O) groups is 1. The molecule has 0 radical (unpaired) electrons. The molecule has 2 aliphatic rings. The molecule has 1 atom stereocenters. The van der Waals surface area contributed by atoms with E-state index in [1.54, 1.807) is 0 Å². The van der Waals surface area contributed by atoms with E-state index in [0.717, 1.165) is 26.0 Å². The summed E-state index contributed by atoms with van der Waals surface area (Å²) in [6.07, 6.45) is 5.68. The monoisotopic (exact) mass is 303 g/mol. The van der Waals surface area contributed by atoms with Crippen molar-refractivity contribution in [3.63, 3.8) is 0 Å². The van der Waals surface area contributed by atoms with Crippen molar-refractivity contribution in [2.45, 2.75) is 38.2 Å². The Labute approximate surface area is 132 Å². The highest BCUT2D eigenvalue weighted by molar-refractivity contribution is 5.77. The van der Waals surface area contributed by atoms with Gasteiger partial charge in [0.25, 0.3) is 0 Å². The third kappa shape index (κ3) is 4.08. The van der Waals surface area contributed by atoms with E-state index in [2.05, 4.69) is 29.6 Å². The van der Waals surface area contributed by atoms with Gasteiger partial charge in [-0.05, 0) is 36.7 Å². The minimum atomic E-state index is -0.00811. The first-order valence-electron chi connectivity index (χ1n) is 8.26. The molecule has 120 valence electrons. The van der Waals surface area contributed by atoms with E-state index in [1.807, 2.05) is 6.07 Å². The van der Waals surface area contributed by atoms with Crippen molar-refractivity contribution in [3.05, 3.63) is 35.9 Å². The minimum Gasteiger partial charge on any atom is -0.379 e. The summed E-state index contributed by atoms with van der Waals surface area (Å²) in [6.45, 7) is 2.26. The second-order valence-electron chi connectivity index (χ2n) is 6.59. The average Bonchev–Trinajstić information content (AvgIpc) is 3.02. The number of carbonyl (C=O) groups excluding carboxylic acids is 1. The molecule has 1 aliphatic heterocycles. The van der Waals surface area contributed by atoms with Crippen LogP contribution in [-0.2, 0) is 20.7 Å². The summed E-state index contributed by atoms with van der Waals surface area (Å²) >= 11 is 0. The van der Waals surface area contributed by atoms with E-state index >= 15 is 0 Å². The number of ether oxygens (including phenoxy) is 2. The number of nitrogens with one attached hydrogen (secondary N) is 1. The van der Waals surface area contributed by atoms with Crippen LogP contribution in [0, 0.1) is 5.41 Å². The Kier molecular flexibility index (Phi) is 5.11. The lowest BCUT2D eigenvalue weighted by atomic mass is 9.65. The zero-order valence-corrected chi connectivity index (χ0v) is 13.1. The summed E-state index contributed by atoms with van der Waals surface area (Å²) in [4.78, 5) is 12.0. The fourth-order valence-corrected chi connectivity index (χ4v) is 3.30. The Morgan fingerprint density at radius 2 is 2.14 bits per heavy atom. The predicted molar refractivity (Wildman–Crippen MR) is 84.6 cm³/mol. The molecule has 2 fully saturated rings. The van der Waals surface area contributed by atoms with Gasteiger partial charge in [0.05, 0.1) is 12.7 Å². The van der Waals surface area contributed by atoms with Crippen molar-refractivity contribution in [2.24, 2.45) is 5.41 Å². The first-order valence-corrected chi connectivity index (χ1v) is 8.26. The van der Waals surface area contributed by atoms with Crippen LogP contribution in [0.25, 0.3) is 0 Å². The average molecular weight is 303 g/mol. The Hall–Kier alpha value is -1.39. The lowest BCUT2D eigenvalue weighted by Crippen LogP contribution is -2.44. The molecule has 1 aromatic rings. The highest BCUT2D eigenvalue weighted by atomic mass is 16.5. The molecule has 1 aromatic carbocycles. The highest BCUT2D eigenvalue weighted by Crippen LogP contribution is 2.43. The predicted octanol–water partition coefficient (Wildman–Crippen LogP) is 2.32. The van der Waals surface area contributed by atoms with Gasteiger partial charge >= 0.3 is 0 Å². The van der Waals surface area contributed by atoms with Crippen LogP contribution < -0.4 is 5.32 Å². The standard InChI is InChI=1S/C18H25NO3/c20-17(13-22-16-7-10-21-12-16)19-14-18(8-4-9-18)11-15-5-2-1-3-6-15/h1-3,5-6,16H,4,7-14H2,(H,19,20). The quantitative estimate of drug-likeness (QED) is 0.841. The van der Waals surface area contributed by atoms with Gasteiger partial charge in [-0.2, -0.15) is 0 Å². The van der Waals surface area contributed by atoms with Crippen LogP contribution >= 0.6 is 0 Å².